The van der Waals surface area contributed by atoms with Crippen molar-refractivity contribution in [3.63, 3.8) is 0 Å². The van der Waals surface area contributed by atoms with Gasteiger partial charge in [0.1, 0.15) is 0 Å². The third-order valence-electron chi connectivity index (χ3n) is 5.49. The highest BCUT2D eigenvalue weighted by Crippen LogP contribution is 2.39. The zero-order valence-corrected chi connectivity index (χ0v) is 15.1. The molecule has 3 rings (SSSR count). The molecule has 1 aromatic carbocycles. The van der Waals surface area contributed by atoms with Gasteiger partial charge in [0.15, 0.2) is 0 Å². The van der Waals surface area contributed by atoms with Crippen LogP contribution < -0.4 is 10.6 Å². The van der Waals surface area contributed by atoms with Crippen LogP contribution in [0.1, 0.15) is 44.6 Å². The summed E-state index contributed by atoms with van der Waals surface area (Å²) < 4.78 is 5.11. The minimum Gasteiger partial charge on any atom is -0.383 e. The van der Waals surface area contributed by atoms with Gasteiger partial charge < -0.3 is 15.4 Å². The van der Waals surface area contributed by atoms with Crippen LogP contribution in [0.15, 0.2) is 35.9 Å². The van der Waals surface area contributed by atoms with Crippen LogP contribution in [-0.4, -0.2) is 38.4 Å². The molecule has 0 heterocycles. The minimum atomic E-state index is 0.688. The second-order valence-electron chi connectivity index (χ2n) is 7.41. The van der Waals surface area contributed by atoms with Crippen molar-refractivity contribution in [2.45, 2.75) is 57.2 Å². The van der Waals surface area contributed by atoms with Gasteiger partial charge in [0.25, 0.3) is 0 Å². The zero-order valence-electron chi connectivity index (χ0n) is 15.1. The van der Waals surface area contributed by atoms with Crippen LogP contribution in [0, 0.1) is 5.92 Å². The molecule has 3 nitrogen and oxygen atoms in total. The topological polar surface area (TPSA) is 33.3 Å². The van der Waals surface area contributed by atoms with E-state index in [1.54, 1.807) is 7.11 Å². The standard InChI is InChI=1S/C21H32N2O/c1-16(14-17-6-4-3-5-7-17)20-15-21(20)23-19-10-8-18(9-11-19)22-12-13-24-2/h3-7,14,18-23H,8-13,15H2,1-2H3/b16-14+/t18-,19+,20-,21+/m0/s1. The molecule has 2 aliphatic carbocycles. The molecule has 24 heavy (non-hydrogen) atoms. The minimum absolute atomic E-state index is 0.688. The number of nitrogens with one attached hydrogen (secondary N) is 2. The maximum atomic E-state index is 5.11. The molecular formula is C21H32N2O. The Morgan fingerprint density at radius 2 is 1.83 bits per heavy atom. The maximum absolute atomic E-state index is 5.11. The molecule has 0 spiro atoms. The lowest BCUT2D eigenvalue weighted by Crippen LogP contribution is -2.41. The normalized spacial score (nSPS) is 30.3. The number of rotatable bonds is 8. The second kappa shape index (κ2) is 8.80. The van der Waals surface area contributed by atoms with Crippen LogP contribution in [0.2, 0.25) is 0 Å². The van der Waals surface area contributed by atoms with Gasteiger partial charge in [-0.3, -0.25) is 0 Å². The van der Waals surface area contributed by atoms with E-state index in [0.717, 1.165) is 19.1 Å². The number of hydrogen-bond donors (Lipinski definition) is 2. The van der Waals surface area contributed by atoms with Crippen LogP contribution in [0.4, 0.5) is 0 Å². The molecule has 2 atom stereocenters. The Labute approximate surface area is 146 Å². The van der Waals surface area contributed by atoms with Crippen molar-refractivity contribution in [2.75, 3.05) is 20.3 Å². The Kier molecular flexibility index (Phi) is 6.47. The van der Waals surface area contributed by atoms with Gasteiger partial charge in [-0.15, -0.1) is 0 Å². The van der Waals surface area contributed by atoms with Crippen LogP contribution in [0.3, 0.4) is 0 Å². The van der Waals surface area contributed by atoms with Gasteiger partial charge in [-0.25, -0.2) is 0 Å². The molecule has 0 aromatic heterocycles. The van der Waals surface area contributed by atoms with Gasteiger partial charge in [-0.1, -0.05) is 42.0 Å². The van der Waals surface area contributed by atoms with Crippen molar-refractivity contribution in [3.05, 3.63) is 41.5 Å². The van der Waals surface area contributed by atoms with E-state index in [9.17, 15) is 0 Å². The molecule has 132 valence electrons. The summed E-state index contributed by atoms with van der Waals surface area (Å²) in [4.78, 5) is 0. The third kappa shape index (κ3) is 5.17. The van der Waals surface area contributed by atoms with Crippen molar-refractivity contribution in [2.24, 2.45) is 5.92 Å². The van der Waals surface area contributed by atoms with Crippen LogP contribution >= 0.6 is 0 Å². The predicted octanol–water partition coefficient (Wildman–Crippen LogP) is 3.62. The molecule has 0 saturated heterocycles. The van der Waals surface area contributed by atoms with Crippen molar-refractivity contribution in [1.82, 2.24) is 10.6 Å². The fraction of sp³-hybridized carbons (Fsp3) is 0.619. The summed E-state index contributed by atoms with van der Waals surface area (Å²) in [6, 6.07) is 12.8. The maximum Gasteiger partial charge on any atom is 0.0587 e. The van der Waals surface area contributed by atoms with E-state index in [1.807, 2.05) is 0 Å². The number of benzene rings is 1. The van der Waals surface area contributed by atoms with E-state index in [0.29, 0.717) is 18.1 Å². The van der Waals surface area contributed by atoms with E-state index in [2.05, 4.69) is 54.0 Å². The van der Waals surface area contributed by atoms with Crippen molar-refractivity contribution < 1.29 is 4.74 Å². The zero-order chi connectivity index (χ0) is 16.8. The first-order valence-corrected chi connectivity index (χ1v) is 9.48. The van der Waals surface area contributed by atoms with E-state index in [-0.39, 0.29) is 0 Å². The summed E-state index contributed by atoms with van der Waals surface area (Å²) in [7, 11) is 1.77. The highest BCUT2D eigenvalue weighted by atomic mass is 16.5. The lowest BCUT2D eigenvalue weighted by Gasteiger charge is -2.30. The lowest BCUT2D eigenvalue weighted by molar-refractivity contribution is 0.190. The Bertz CT molecular complexity index is 520. The molecule has 0 radical (unpaired) electrons. The molecule has 2 fully saturated rings. The van der Waals surface area contributed by atoms with Gasteiger partial charge >= 0.3 is 0 Å². The molecule has 3 heteroatoms. The van der Waals surface area contributed by atoms with Gasteiger partial charge in [0.2, 0.25) is 0 Å². The molecule has 2 N–H and O–H groups in total. The van der Waals surface area contributed by atoms with Gasteiger partial charge in [-0.05, 0) is 50.5 Å². The molecule has 0 unspecified atom stereocenters. The first-order valence-electron chi connectivity index (χ1n) is 9.48. The quantitative estimate of drug-likeness (QED) is 0.715. The first kappa shape index (κ1) is 17.7. The number of hydrogen-bond acceptors (Lipinski definition) is 3. The predicted molar refractivity (Wildman–Crippen MR) is 101 cm³/mol. The summed E-state index contributed by atoms with van der Waals surface area (Å²) in [5.41, 5.74) is 2.84. The summed E-state index contributed by atoms with van der Waals surface area (Å²) >= 11 is 0. The molecule has 2 aliphatic rings. The molecule has 2 saturated carbocycles. The monoisotopic (exact) mass is 328 g/mol. The van der Waals surface area contributed by atoms with Crippen LogP contribution in [-0.2, 0) is 4.74 Å². The third-order valence-corrected chi connectivity index (χ3v) is 5.49. The van der Waals surface area contributed by atoms with E-state index in [4.69, 9.17) is 4.74 Å². The van der Waals surface area contributed by atoms with Crippen molar-refractivity contribution in [3.8, 4) is 0 Å². The Morgan fingerprint density at radius 3 is 2.54 bits per heavy atom. The molecule has 1 aromatic rings. The second-order valence-corrected chi connectivity index (χ2v) is 7.41. The summed E-state index contributed by atoms with van der Waals surface area (Å²) in [5.74, 6) is 0.739. The van der Waals surface area contributed by atoms with Crippen molar-refractivity contribution in [1.29, 1.82) is 0 Å². The number of methoxy groups -OCH3 is 1. The fourth-order valence-electron chi connectivity index (χ4n) is 3.93. The Hall–Kier alpha value is -1.16. The molecule has 0 aliphatic heterocycles. The van der Waals surface area contributed by atoms with Gasteiger partial charge in [0, 0.05) is 31.8 Å². The van der Waals surface area contributed by atoms with Crippen molar-refractivity contribution >= 4 is 6.08 Å². The average Bonchev–Trinajstić information content (AvgIpc) is 3.37. The fourth-order valence-corrected chi connectivity index (χ4v) is 3.93. The smallest absolute Gasteiger partial charge is 0.0587 e. The first-order chi connectivity index (χ1) is 11.8. The van der Waals surface area contributed by atoms with Crippen LogP contribution in [0.5, 0.6) is 0 Å². The largest absolute Gasteiger partial charge is 0.383 e. The average molecular weight is 329 g/mol. The summed E-state index contributed by atoms with van der Waals surface area (Å²) in [6.45, 7) is 4.08. The van der Waals surface area contributed by atoms with Gasteiger partial charge in [-0.2, -0.15) is 0 Å². The summed E-state index contributed by atoms with van der Waals surface area (Å²) in [6.07, 6.45) is 8.84. The molecule has 0 bridgehead atoms. The highest BCUT2D eigenvalue weighted by molar-refractivity contribution is 5.53. The van der Waals surface area contributed by atoms with Crippen LogP contribution in [0.25, 0.3) is 6.08 Å². The van der Waals surface area contributed by atoms with Gasteiger partial charge in [0.05, 0.1) is 6.61 Å². The Balaban J connectivity index is 1.38. The SMILES string of the molecule is COCCN[C@H]1CC[C@@H](N[C@@H]2C[C@H]2/C(C)=C/c2ccccc2)CC1. The van der Waals surface area contributed by atoms with E-state index < -0.39 is 0 Å². The number of ether oxygens (including phenoxy) is 1. The van der Waals surface area contributed by atoms with E-state index in [1.165, 1.54) is 43.2 Å². The van der Waals surface area contributed by atoms with E-state index >= 15 is 0 Å². The molecule has 0 amide bonds. The molecular weight excluding hydrogens is 296 g/mol. The Morgan fingerprint density at radius 1 is 1.12 bits per heavy atom. The highest BCUT2D eigenvalue weighted by Gasteiger charge is 2.39. The lowest BCUT2D eigenvalue weighted by atomic mass is 9.91. The summed E-state index contributed by atoms with van der Waals surface area (Å²) in [5, 5.41) is 7.51.